The van der Waals surface area contributed by atoms with E-state index in [1.54, 1.807) is 12.1 Å². The van der Waals surface area contributed by atoms with Gasteiger partial charge in [0.05, 0.1) is 10.6 Å². The first-order valence-electron chi connectivity index (χ1n) is 11.5. The van der Waals surface area contributed by atoms with Crippen molar-refractivity contribution in [1.29, 1.82) is 5.41 Å². The average Bonchev–Trinajstić information content (AvgIpc) is 3.34. The maximum absolute atomic E-state index is 12.8. The van der Waals surface area contributed by atoms with Crippen molar-refractivity contribution in [2.24, 2.45) is 10.1 Å². The summed E-state index contributed by atoms with van der Waals surface area (Å²) >= 11 is 7.53. The Bertz CT molecular complexity index is 1670. The van der Waals surface area contributed by atoms with E-state index in [4.69, 9.17) is 21.7 Å². The van der Waals surface area contributed by atoms with Crippen LogP contribution in [-0.2, 0) is 11.4 Å². The van der Waals surface area contributed by atoms with Gasteiger partial charge in [0.2, 0.25) is 5.17 Å². The van der Waals surface area contributed by atoms with Crippen LogP contribution in [0, 0.1) is 5.41 Å². The molecule has 37 heavy (non-hydrogen) atoms. The Kier molecular flexibility index (Phi) is 6.08. The van der Waals surface area contributed by atoms with Crippen LogP contribution in [0.25, 0.3) is 16.8 Å². The number of amides is 1. The zero-order valence-electron chi connectivity index (χ0n) is 19.4. The number of hydrogen-bond donors (Lipinski definition) is 1. The fourth-order valence-electron chi connectivity index (χ4n) is 4.18. The largest absolute Gasteiger partial charge is 0.489 e. The van der Waals surface area contributed by atoms with E-state index in [-0.39, 0.29) is 11.4 Å². The second-order valence-corrected chi connectivity index (χ2v) is 9.77. The zero-order valence-corrected chi connectivity index (χ0v) is 21.0. The minimum Gasteiger partial charge on any atom is -0.489 e. The van der Waals surface area contributed by atoms with Crippen LogP contribution in [0.1, 0.15) is 16.7 Å². The quantitative estimate of drug-likeness (QED) is 0.294. The van der Waals surface area contributed by atoms with Crippen LogP contribution in [-0.4, -0.2) is 27.0 Å². The first kappa shape index (κ1) is 23.2. The van der Waals surface area contributed by atoms with E-state index in [0.717, 1.165) is 27.5 Å². The third kappa shape index (κ3) is 4.55. The van der Waals surface area contributed by atoms with Crippen LogP contribution in [0.4, 0.5) is 0 Å². The van der Waals surface area contributed by atoms with Gasteiger partial charge in [-0.05, 0) is 57.9 Å². The number of fused-ring (bicyclic) bond motifs is 2. The predicted molar refractivity (Wildman–Crippen MR) is 150 cm³/mol. The number of hydrogen-bond acceptors (Lipinski definition) is 5. The molecule has 0 bridgehead atoms. The maximum atomic E-state index is 12.8. The maximum Gasteiger partial charge on any atom is 0.283 e. The summed E-state index contributed by atoms with van der Waals surface area (Å²) < 4.78 is 6.08. The van der Waals surface area contributed by atoms with Gasteiger partial charge in [-0.25, -0.2) is 0 Å². The van der Waals surface area contributed by atoms with Crippen LogP contribution in [0.15, 0.2) is 107 Å². The Morgan fingerprint density at radius 3 is 2.65 bits per heavy atom. The molecular weight excluding hydrogens is 504 g/mol. The Morgan fingerprint density at radius 2 is 1.76 bits per heavy atom. The fraction of sp³-hybridized carbons (Fsp3) is 0.0345. The molecule has 4 aromatic carbocycles. The van der Waals surface area contributed by atoms with Gasteiger partial charge in [-0.1, -0.05) is 84.4 Å². The molecule has 1 N–H and O–H groups in total. The molecule has 1 amide bonds. The molecule has 180 valence electrons. The third-order valence-corrected chi connectivity index (χ3v) is 7.27. The number of ether oxygens (including phenoxy) is 1. The summed E-state index contributed by atoms with van der Waals surface area (Å²) in [5, 5.41) is 18.3. The monoisotopic (exact) mass is 522 g/mol. The van der Waals surface area contributed by atoms with Crippen LogP contribution in [0.5, 0.6) is 5.75 Å². The Balaban J connectivity index is 1.24. The van der Waals surface area contributed by atoms with Crippen molar-refractivity contribution in [3.05, 3.63) is 118 Å². The lowest BCUT2D eigenvalue weighted by Crippen LogP contribution is -2.35. The number of nitrogens with one attached hydrogen (secondary N) is 1. The summed E-state index contributed by atoms with van der Waals surface area (Å²) in [5.74, 6) is 0.144. The summed E-state index contributed by atoms with van der Waals surface area (Å²) in [6.07, 6.45) is 1.64. The number of benzene rings is 4. The topological polar surface area (TPSA) is 78.1 Å². The van der Waals surface area contributed by atoms with E-state index < -0.39 is 5.91 Å². The smallest absolute Gasteiger partial charge is 0.283 e. The summed E-state index contributed by atoms with van der Waals surface area (Å²) in [6.45, 7) is 0.411. The molecule has 0 spiro atoms. The molecule has 0 radical (unpaired) electrons. The second kappa shape index (κ2) is 9.69. The van der Waals surface area contributed by atoms with Crippen molar-refractivity contribution in [2.45, 2.75) is 6.61 Å². The van der Waals surface area contributed by atoms with Gasteiger partial charge >= 0.3 is 0 Å². The zero-order chi connectivity index (χ0) is 25.4. The van der Waals surface area contributed by atoms with E-state index in [0.29, 0.717) is 27.6 Å². The van der Waals surface area contributed by atoms with Crippen molar-refractivity contribution in [3.8, 4) is 5.75 Å². The van der Waals surface area contributed by atoms with E-state index >= 15 is 0 Å². The molecule has 2 aliphatic heterocycles. The Hall–Kier alpha value is -4.20. The summed E-state index contributed by atoms with van der Waals surface area (Å²) in [6, 6.07) is 29.1. The molecule has 0 aromatic heterocycles. The third-order valence-electron chi connectivity index (χ3n) is 6.00. The molecule has 0 aliphatic carbocycles. The summed E-state index contributed by atoms with van der Waals surface area (Å²) in [4.78, 5) is 17.0. The number of rotatable bonds is 5. The number of halogens is 1. The number of carbonyl (C=O) groups excluding carboxylic acids is 1. The average molecular weight is 523 g/mol. The molecular formula is C29H19ClN4O2S. The Labute approximate surface area is 222 Å². The number of nitrogens with zero attached hydrogens (tertiary/aromatic N) is 3. The SMILES string of the molecule is N=C1/C(=C/c2cccc(OCc3cccc4ccccc34)c2)C(=O)N=C2SC(c3ccccc3Cl)=NN12. The van der Waals surface area contributed by atoms with E-state index in [1.165, 1.54) is 16.8 Å². The molecule has 8 heteroatoms. The van der Waals surface area contributed by atoms with Crippen molar-refractivity contribution in [3.63, 3.8) is 0 Å². The normalized spacial score (nSPS) is 16.1. The Morgan fingerprint density at radius 1 is 0.973 bits per heavy atom. The van der Waals surface area contributed by atoms with E-state index in [9.17, 15) is 4.79 Å². The molecule has 0 unspecified atom stereocenters. The van der Waals surface area contributed by atoms with Gasteiger partial charge in [-0.2, -0.15) is 15.1 Å². The van der Waals surface area contributed by atoms with Crippen LogP contribution >= 0.6 is 23.4 Å². The van der Waals surface area contributed by atoms with Crippen LogP contribution in [0.3, 0.4) is 0 Å². The number of aliphatic imine (C=N–C) groups is 1. The molecule has 2 aliphatic rings. The highest BCUT2D eigenvalue weighted by atomic mass is 35.5. The lowest BCUT2D eigenvalue weighted by atomic mass is 10.1. The van der Waals surface area contributed by atoms with Crippen molar-refractivity contribution in [2.75, 3.05) is 0 Å². The predicted octanol–water partition coefficient (Wildman–Crippen LogP) is 6.74. The summed E-state index contributed by atoms with van der Waals surface area (Å²) in [7, 11) is 0. The van der Waals surface area contributed by atoms with Crippen LogP contribution < -0.4 is 4.74 Å². The minimum absolute atomic E-state index is 0.0355. The van der Waals surface area contributed by atoms with Crippen molar-refractivity contribution < 1.29 is 9.53 Å². The first-order chi connectivity index (χ1) is 18.1. The number of thioether (sulfide) groups is 1. The van der Waals surface area contributed by atoms with E-state index in [1.807, 2.05) is 60.7 Å². The van der Waals surface area contributed by atoms with E-state index in [2.05, 4.69) is 34.4 Å². The molecule has 0 saturated carbocycles. The highest BCUT2D eigenvalue weighted by molar-refractivity contribution is 8.27. The van der Waals surface area contributed by atoms with Gasteiger partial charge in [0.15, 0.2) is 5.84 Å². The molecule has 6 nitrogen and oxygen atoms in total. The molecule has 0 atom stereocenters. The van der Waals surface area contributed by atoms with Gasteiger partial charge in [0.1, 0.15) is 17.4 Å². The number of carbonyl (C=O) groups is 1. The van der Waals surface area contributed by atoms with Gasteiger partial charge in [0.25, 0.3) is 5.91 Å². The van der Waals surface area contributed by atoms with Gasteiger partial charge in [-0.15, -0.1) is 0 Å². The molecule has 0 fully saturated rings. The molecule has 4 aromatic rings. The second-order valence-electron chi connectivity index (χ2n) is 8.40. The van der Waals surface area contributed by atoms with Gasteiger partial charge in [0, 0.05) is 5.56 Å². The highest BCUT2D eigenvalue weighted by Gasteiger charge is 2.36. The molecule has 6 rings (SSSR count). The van der Waals surface area contributed by atoms with Crippen LogP contribution in [0.2, 0.25) is 5.02 Å². The van der Waals surface area contributed by atoms with Crippen molar-refractivity contribution in [1.82, 2.24) is 5.01 Å². The number of hydrazone groups is 1. The lowest BCUT2D eigenvalue weighted by Gasteiger charge is -2.20. The highest BCUT2D eigenvalue weighted by Crippen LogP contribution is 2.33. The number of amidine groups is 2. The fourth-order valence-corrected chi connectivity index (χ4v) is 5.39. The van der Waals surface area contributed by atoms with Gasteiger partial charge < -0.3 is 4.74 Å². The lowest BCUT2D eigenvalue weighted by molar-refractivity contribution is -0.114. The first-order valence-corrected chi connectivity index (χ1v) is 12.7. The molecule has 0 saturated heterocycles. The van der Waals surface area contributed by atoms with Gasteiger partial charge in [-0.3, -0.25) is 10.2 Å². The standard InChI is InChI=1S/C29H19ClN4O2S/c30-25-14-4-3-13-23(25)28-33-34-26(31)24(27(35)32-29(34)37-28)16-18-7-5-11-21(15-18)36-17-20-10-6-9-19-8-1-2-12-22(19)20/h1-16,31H,17H2/b24-16-,31-26?. The minimum atomic E-state index is -0.485. The molecule has 2 heterocycles. The van der Waals surface area contributed by atoms with Crippen molar-refractivity contribution >= 4 is 62.2 Å². The summed E-state index contributed by atoms with van der Waals surface area (Å²) in [5.41, 5.74) is 2.70.